The van der Waals surface area contributed by atoms with Crippen LogP contribution in [0.3, 0.4) is 0 Å². The molecule has 12 heteroatoms. The Kier molecular flexibility index (Phi) is 9.97. The normalized spacial score (nSPS) is 19.3. The third-order valence-corrected chi connectivity index (χ3v) is 8.62. The van der Waals surface area contributed by atoms with Crippen molar-refractivity contribution in [3.63, 3.8) is 0 Å². The van der Waals surface area contributed by atoms with E-state index in [0.29, 0.717) is 0 Å². The molecule has 12 nitrogen and oxygen atoms in total. The average molecular weight is 633 g/mol. The van der Waals surface area contributed by atoms with Crippen molar-refractivity contribution >= 4 is 35.4 Å². The maximum Gasteiger partial charge on any atom is 0.262 e. The zero-order chi connectivity index (χ0) is 33.1. The lowest BCUT2D eigenvalue weighted by molar-refractivity contribution is -0.140. The van der Waals surface area contributed by atoms with E-state index >= 15 is 0 Å². The summed E-state index contributed by atoms with van der Waals surface area (Å²) in [5.74, 6) is -3.36. The standard InChI is InChI=1S/C34H40N4O8/c1-21(2)27(37-29(39)23-9-5-6-10-24(23)30(37)40)33(43)35-13-17-45-19-15-36(16-20-46-18-14-35)34(44)28(22(3)4)38-31(41)25-11-7-8-12-26(25)32(38)42/h5-12,21-22,27-28H,13-20H2,1-4H3. The molecule has 0 saturated carbocycles. The van der Waals surface area contributed by atoms with Crippen molar-refractivity contribution in [1.82, 2.24) is 19.6 Å². The Hall–Kier alpha value is -4.42. The predicted molar refractivity (Wildman–Crippen MR) is 166 cm³/mol. The van der Waals surface area contributed by atoms with Crippen LogP contribution in [0.15, 0.2) is 48.5 Å². The number of hydrogen-bond acceptors (Lipinski definition) is 8. The van der Waals surface area contributed by atoms with Gasteiger partial charge < -0.3 is 19.3 Å². The van der Waals surface area contributed by atoms with Gasteiger partial charge in [-0.25, -0.2) is 0 Å². The van der Waals surface area contributed by atoms with E-state index in [-0.39, 0.29) is 98.5 Å². The van der Waals surface area contributed by atoms with Crippen LogP contribution in [0.1, 0.15) is 69.1 Å². The molecule has 1 fully saturated rings. The lowest BCUT2D eigenvalue weighted by Crippen LogP contribution is -2.55. The Balaban J connectivity index is 1.24. The SMILES string of the molecule is CC(C)C(C(=O)N1CCOCCN(C(=O)C(C(C)C)N2C(=O)c3ccccc3C2=O)CCOCC1)N1C(=O)c2ccccc2C1=O. The molecule has 3 heterocycles. The summed E-state index contributed by atoms with van der Waals surface area (Å²) in [5.41, 5.74) is 1.14. The lowest BCUT2D eigenvalue weighted by Gasteiger charge is -2.35. The van der Waals surface area contributed by atoms with Crippen LogP contribution in [0.4, 0.5) is 0 Å². The number of benzene rings is 2. The summed E-state index contributed by atoms with van der Waals surface area (Å²) in [6.07, 6.45) is 0. The zero-order valence-electron chi connectivity index (χ0n) is 26.6. The van der Waals surface area contributed by atoms with Crippen molar-refractivity contribution < 1.29 is 38.2 Å². The number of ether oxygens (including phenoxy) is 2. The number of rotatable bonds is 6. The molecule has 1 saturated heterocycles. The Morgan fingerprint density at radius 3 is 1.02 bits per heavy atom. The number of carbonyl (C=O) groups excluding carboxylic acids is 6. The molecular weight excluding hydrogens is 592 g/mol. The summed E-state index contributed by atoms with van der Waals surface area (Å²) >= 11 is 0. The monoisotopic (exact) mass is 632 g/mol. The van der Waals surface area contributed by atoms with Gasteiger partial charge in [-0.1, -0.05) is 52.0 Å². The summed E-state index contributed by atoms with van der Waals surface area (Å²) in [6, 6.07) is 11.1. The molecule has 0 N–H and O–H groups in total. The van der Waals surface area contributed by atoms with Crippen molar-refractivity contribution in [3.05, 3.63) is 70.8 Å². The number of amides is 6. The van der Waals surface area contributed by atoms with E-state index in [0.717, 1.165) is 9.80 Å². The summed E-state index contributed by atoms with van der Waals surface area (Å²) in [5, 5.41) is 0. The molecule has 0 spiro atoms. The molecule has 0 radical (unpaired) electrons. The van der Waals surface area contributed by atoms with Crippen LogP contribution in [-0.4, -0.2) is 120 Å². The quantitative estimate of drug-likeness (QED) is 0.443. The van der Waals surface area contributed by atoms with Crippen LogP contribution in [0.5, 0.6) is 0 Å². The van der Waals surface area contributed by atoms with Gasteiger partial charge in [0.2, 0.25) is 11.8 Å². The van der Waals surface area contributed by atoms with Crippen LogP contribution in [0.2, 0.25) is 0 Å². The van der Waals surface area contributed by atoms with E-state index in [4.69, 9.17) is 9.47 Å². The van der Waals surface area contributed by atoms with Gasteiger partial charge in [0.05, 0.1) is 48.7 Å². The molecule has 2 aromatic carbocycles. The first-order chi connectivity index (χ1) is 22.0. The van der Waals surface area contributed by atoms with E-state index in [1.54, 1.807) is 86.0 Å². The molecule has 3 aliphatic rings. The fourth-order valence-electron chi connectivity index (χ4n) is 6.25. The van der Waals surface area contributed by atoms with Gasteiger partial charge in [0.15, 0.2) is 0 Å². The van der Waals surface area contributed by atoms with Crippen molar-refractivity contribution in [3.8, 4) is 0 Å². The maximum absolute atomic E-state index is 13.9. The minimum absolute atomic E-state index is 0.146. The molecule has 3 aliphatic heterocycles. The first-order valence-corrected chi connectivity index (χ1v) is 15.7. The maximum atomic E-state index is 13.9. The molecule has 0 aromatic heterocycles. The minimum Gasteiger partial charge on any atom is -0.378 e. The third kappa shape index (κ3) is 6.19. The highest BCUT2D eigenvalue weighted by Crippen LogP contribution is 2.29. The van der Waals surface area contributed by atoms with Gasteiger partial charge in [-0.2, -0.15) is 0 Å². The second-order valence-corrected chi connectivity index (χ2v) is 12.3. The van der Waals surface area contributed by atoms with Crippen molar-refractivity contribution in [2.45, 2.75) is 39.8 Å². The van der Waals surface area contributed by atoms with Crippen LogP contribution < -0.4 is 0 Å². The summed E-state index contributed by atoms with van der Waals surface area (Å²) < 4.78 is 11.7. The Morgan fingerprint density at radius 2 is 0.783 bits per heavy atom. The molecule has 0 aliphatic carbocycles. The van der Waals surface area contributed by atoms with Crippen LogP contribution in [0.25, 0.3) is 0 Å². The first-order valence-electron chi connectivity index (χ1n) is 15.7. The van der Waals surface area contributed by atoms with E-state index in [2.05, 4.69) is 0 Å². The number of imide groups is 2. The van der Waals surface area contributed by atoms with Crippen molar-refractivity contribution in [1.29, 1.82) is 0 Å². The topological polar surface area (TPSA) is 134 Å². The van der Waals surface area contributed by atoms with Crippen LogP contribution in [0, 0.1) is 11.8 Å². The molecule has 6 amide bonds. The number of fused-ring (bicyclic) bond motifs is 2. The van der Waals surface area contributed by atoms with Crippen molar-refractivity contribution in [2.24, 2.45) is 11.8 Å². The number of nitrogens with zero attached hydrogens (tertiary/aromatic N) is 4. The van der Waals surface area contributed by atoms with Gasteiger partial charge in [0.25, 0.3) is 23.6 Å². The largest absolute Gasteiger partial charge is 0.378 e. The van der Waals surface area contributed by atoms with Gasteiger partial charge >= 0.3 is 0 Å². The Bertz CT molecular complexity index is 1340. The highest BCUT2D eigenvalue weighted by molar-refractivity contribution is 6.23. The Morgan fingerprint density at radius 1 is 0.522 bits per heavy atom. The summed E-state index contributed by atoms with van der Waals surface area (Å²) in [6.45, 7) is 8.53. The molecular formula is C34H40N4O8. The van der Waals surface area contributed by atoms with Crippen molar-refractivity contribution in [2.75, 3.05) is 52.6 Å². The first kappa shape index (κ1) is 33.0. The van der Waals surface area contributed by atoms with Gasteiger partial charge in [-0.3, -0.25) is 38.6 Å². The highest BCUT2D eigenvalue weighted by atomic mass is 16.5. The Labute approximate surface area is 268 Å². The molecule has 244 valence electrons. The minimum atomic E-state index is -0.997. The third-order valence-electron chi connectivity index (χ3n) is 8.62. The fraction of sp³-hybridized carbons (Fsp3) is 0.471. The molecule has 0 bridgehead atoms. The van der Waals surface area contributed by atoms with Gasteiger partial charge in [0.1, 0.15) is 12.1 Å². The molecule has 5 rings (SSSR count). The second kappa shape index (κ2) is 13.9. The van der Waals surface area contributed by atoms with E-state index in [9.17, 15) is 28.8 Å². The van der Waals surface area contributed by atoms with E-state index < -0.39 is 35.7 Å². The number of carbonyl (C=O) groups is 6. The van der Waals surface area contributed by atoms with Crippen LogP contribution >= 0.6 is 0 Å². The lowest BCUT2D eigenvalue weighted by atomic mass is 10.0. The van der Waals surface area contributed by atoms with Crippen LogP contribution in [-0.2, 0) is 19.1 Å². The molecule has 2 unspecified atom stereocenters. The summed E-state index contributed by atoms with van der Waals surface area (Å²) in [4.78, 5) is 85.9. The average Bonchev–Trinajstić information content (AvgIpc) is 3.42. The predicted octanol–water partition coefficient (Wildman–Crippen LogP) is 2.33. The molecule has 2 aromatic rings. The van der Waals surface area contributed by atoms with E-state index in [1.165, 1.54) is 0 Å². The van der Waals surface area contributed by atoms with Gasteiger partial charge in [-0.15, -0.1) is 0 Å². The highest BCUT2D eigenvalue weighted by Gasteiger charge is 2.46. The fourth-order valence-corrected chi connectivity index (χ4v) is 6.25. The van der Waals surface area contributed by atoms with Gasteiger partial charge in [-0.05, 0) is 36.1 Å². The smallest absolute Gasteiger partial charge is 0.262 e. The second-order valence-electron chi connectivity index (χ2n) is 12.3. The molecule has 2 atom stereocenters. The zero-order valence-corrected chi connectivity index (χ0v) is 26.6. The summed E-state index contributed by atoms with van der Waals surface area (Å²) in [7, 11) is 0. The molecule has 46 heavy (non-hydrogen) atoms. The number of hydrogen-bond donors (Lipinski definition) is 0. The van der Waals surface area contributed by atoms with Gasteiger partial charge in [0, 0.05) is 26.2 Å². The van der Waals surface area contributed by atoms with E-state index in [1.807, 2.05) is 0 Å².